The van der Waals surface area contributed by atoms with Gasteiger partial charge in [0.1, 0.15) is 0 Å². The molecule has 0 fully saturated rings. The van der Waals surface area contributed by atoms with Gasteiger partial charge in [-0.3, -0.25) is 9.59 Å². The molecule has 0 atom stereocenters. The molecule has 2 N–H and O–H groups in total. The van der Waals surface area contributed by atoms with Crippen molar-refractivity contribution in [2.24, 2.45) is 0 Å². The molecule has 0 saturated heterocycles. The molecule has 6 nitrogen and oxygen atoms in total. The summed E-state index contributed by atoms with van der Waals surface area (Å²) < 4.78 is 5.37. The average molecular weight is 474 g/mol. The molecular weight excluding hydrogens is 450 g/mol. The summed E-state index contributed by atoms with van der Waals surface area (Å²) in [5.41, 5.74) is 3.23. The van der Waals surface area contributed by atoms with Gasteiger partial charge in [-0.25, -0.2) is 0 Å². The number of hydrogen-bond acceptors (Lipinski definition) is 4. The normalized spacial score (nSPS) is 10.6. The van der Waals surface area contributed by atoms with E-state index in [1.54, 1.807) is 24.3 Å². The highest BCUT2D eigenvalue weighted by Gasteiger charge is 2.27. The molecule has 1 heterocycles. The Labute approximate surface area is 202 Å². The zero-order chi connectivity index (χ0) is 23.8. The van der Waals surface area contributed by atoms with Gasteiger partial charge < -0.3 is 15.2 Å². The molecule has 0 aliphatic heterocycles. The fraction of sp³-hybridized carbons (Fsp3) is 0.148. The van der Waals surface area contributed by atoms with Crippen molar-refractivity contribution >= 4 is 23.4 Å². The summed E-state index contributed by atoms with van der Waals surface area (Å²) in [7, 11) is 0. The minimum absolute atomic E-state index is 0.0106. The number of carbonyl (C=O) groups is 2. The van der Waals surface area contributed by atoms with E-state index in [-0.39, 0.29) is 11.5 Å². The number of nitrogens with one attached hydrogen (secondary N) is 2. The first-order valence-electron chi connectivity index (χ1n) is 11.0. The number of nitrogens with zero attached hydrogens (tertiary/aromatic N) is 1. The van der Waals surface area contributed by atoms with Crippen LogP contribution in [0.1, 0.15) is 32.2 Å². The summed E-state index contributed by atoms with van der Waals surface area (Å²) in [6.45, 7) is 0.844. The number of carbonyl (C=O) groups excluding carboxylic acids is 2. The van der Waals surface area contributed by atoms with Gasteiger partial charge in [0.05, 0.1) is 5.56 Å². The zero-order valence-corrected chi connectivity index (χ0v) is 19.2. The van der Waals surface area contributed by atoms with E-state index in [9.17, 15) is 9.59 Å². The van der Waals surface area contributed by atoms with Crippen molar-refractivity contribution < 1.29 is 14.1 Å². The number of benzene rings is 3. The van der Waals surface area contributed by atoms with Gasteiger partial charge >= 0.3 is 0 Å². The molecule has 0 saturated carbocycles. The molecule has 0 spiro atoms. The summed E-state index contributed by atoms with van der Waals surface area (Å²) in [5.74, 6) is -0.853. The second-order valence-electron chi connectivity index (χ2n) is 7.73. The maximum absolute atomic E-state index is 12.9. The molecule has 0 radical (unpaired) electrons. The number of halogens is 1. The van der Waals surface area contributed by atoms with Crippen molar-refractivity contribution in [2.75, 3.05) is 13.1 Å². The van der Waals surface area contributed by atoms with Crippen molar-refractivity contribution in [1.82, 2.24) is 15.8 Å². The quantitative estimate of drug-likeness (QED) is 0.360. The van der Waals surface area contributed by atoms with Crippen molar-refractivity contribution in [3.8, 4) is 11.1 Å². The smallest absolute Gasteiger partial charge is 0.290 e. The van der Waals surface area contributed by atoms with Gasteiger partial charge in [0.25, 0.3) is 11.8 Å². The Kier molecular flexibility index (Phi) is 7.73. The van der Waals surface area contributed by atoms with Gasteiger partial charge in [0, 0.05) is 18.1 Å². The van der Waals surface area contributed by atoms with Crippen LogP contribution in [0.4, 0.5) is 0 Å². The minimum Gasteiger partial charge on any atom is -0.350 e. The van der Waals surface area contributed by atoms with E-state index in [0.717, 1.165) is 11.1 Å². The molecule has 7 heteroatoms. The fourth-order valence-corrected chi connectivity index (χ4v) is 3.70. The molecule has 4 aromatic rings. The van der Waals surface area contributed by atoms with Crippen molar-refractivity contribution in [1.29, 1.82) is 0 Å². The summed E-state index contributed by atoms with van der Waals surface area (Å²) in [6, 6.07) is 26.6. The molecule has 0 aliphatic carbocycles. The van der Waals surface area contributed by atoms with Crippen molar-refractivity contribution in [3.05, 3.63) is 113 Å². The summed E-state index contributed by atoms with van der Waals surface area (Å²) in [6.07, 6.45) is 1.34. The molecule has 172 valence electrons. The molecule has 1 aromatic heterocycles. The van der Waals surface area contributed by atoms with Gasteiger partial charge in [-0.05, 0) is 41.7 Å². The topological polar surface area (TPSA) is 84.2 Å². The summed E-state index contributed by atoms with van der Waals surface area (Å²) >= 11 is 6.03. The van der Waals surface area contributed by atoms with Crippen LogP contribution in [0, 0.1) is 0 Å². The van der Waals surface area contributed by atoms with Crippen LogP contribution in [0.25, 0.3) is 11.1 Å². The minimum atomic E-state index is -0.434. The van der Waals surface area contributed by atoms with Crippen LogP contribution in [0.2, 0.25) is 5.02 Å². The Bertz CT molecular complexity index is 1160. The summed E-state index contributed by atoms with van der Waals surface area (Å²) in [5, 5.41) is 10.2. The van der Waals surface area contributed by atoms with Crippen molar-refractivity contribution in [3.63, 3.8) is 0 Å². The number of hydrogen-bond donors (Lipinski definition) is 2. The van der Waals surface area contributed by atoms with Gasteiger partial charge in [0.15, 0.2) is 5.69 Å². The largest absolute Gasteiger partial charge is 0.350 e. The average Bonchev–Trinajstić information content (AvgIpc) is 3.31. The molecular formula is C27H24ClN3O3. The molecule has 2 amide bonds. The van der Waals surface area contributed by atoms with E-state index < -0.39 is 11.8 Å². The van der Waals surface area contributed by atoms with Gasteiger partial charge in [-0.2, -0.15) is 0 Å². The Morgan fingerprint density at radius 2 is 1.26 bits per heavy atom. The third-order valence-electron chi connectivity index (χ3n) is 5.33. The zero-order valence-electron chi connectivity index (χ0n) is 18.5. The Hall–Kier alpha value is -3.90. The van der Waals surface area contributed by atoms with E-state index in [4.69, 9.17) is 16.1 Å². The van der Waals surface area contributed by atoms with E-state index >= 15 is 0 Å². The maximum Gasteiger partial charge on any atom is 0.290 e. The first-order valence-corrected chi connectivity index (χ1v) is 11.4. The Morgan fingerprint density at radius 1 is 0.735 bits per heavy atom. The lowest BCUT2D eigenvalue weighted by atomic mass is 10.0. The molecule has 0 bridgehead atoms. The highest BCUT2D eigenvalue weighted by Crippen LogP contribution is 2.29. The molecule has 34 heavy (non-hydrogen) atoms. The van der Waals surface area contributed by atoms with Crippen LogP contribution in [-0.4, -0.2) is 30.1 Å². The SMILES string of the molecule is O=C(NCCc1ccccc1)c1noc(C(=O)NCCc2ccccc2)c1-c1ccc(Cl)cc1. The highest BCUT2D eigenvalue weighted by molar-refractivity contribution is 6.30. The van der Waals surface area contributed by atoms with Gasteiger partial charge in [-0.15, -0.1) is 0 Å². The standard InChI is InChI=1S/C27H24ClN3O3/c28-22-13-11-21(12-14-22)23-24(26(32)29-17-15-19-7-3-1-4-8-19)31-34-25(23)27(33)30-18-16-20-9-5-2-6-10-20/h1-14H,15-18H2,(H,29,32)(H,30,33). The van der Waals surface area contributed by atoms with E-state index in [1.807, 2.05) is 60.7 Å². The highest BCUT2D eigenvalue weighted by atomic mass is 35.5. The number of amides is 2. The lowest BCUT2D eigenvalue weighted by Gasteiger charge is -2.07. The number of rotatable bonds is 9. The van der Waals surface area contributed by atoms with Crippen LogP contribution in [0.15, 0.2) is 89.5 Å². The van der Waals surface area contributed by atoms with Crippen LogP contribution in [0.3, 0.4) is 0 Å². The summed E-state index contributed by atoms with van der Waals surface area (Å²) in [4.78, 5) is 25.9. The maximum atomic E-state index is 12.9. The van der Waals surface area contributed by atoms with Gasteiger partial charge in [-0.1, -0.05) is 89.6 Å². The van der Waals surface area contributed by atoms with Crippen molar-refractivity contribution in [2.45, 2.75) is 12.8 Å². The van der Waals surface area contributed by atoms with Crippen LogP contribution < -0.4 is 10.6 Å². The Morgan fingerprint density at radius 3 is 1.82 bits per heavy atom. The molecule has 4 rings (SSSR count). The first kappa shape index (κ1) is 23.3. The fourth-order valence-electron chi connectivity index (χ4n) is 3.58. The second kappa shape index (κ2) is 11.3. The predicted molar refractivity (Wildman–Crippen MR) is 132 cm³/mol. The predicted octanol–water partition coefficient (Wildman–Crippen LogP) is 4.94. The lowest BCUT2D eigenvalue weighted by molar-refractivity contribution is 0.0909. The van der Waals surface area contributed by atoms with E-state index in [2.05, 4.69) is 15.8 Å². The Balaban J connectivity index is 1.50. The number of aromatic nitrogens is 1. The van der Waals surface area contributed by atoms with E-state index in [0.29, 0.717) is 42.1 Å². The molecule has 3 aromatic carbocycles. The third kappa shape index (κ3) is 5.91. The van der Waals surface area contributed by atoms with Crippen LogP contribution in [0.5, 0.6) is 0 Å². The van der Waals surface area contributed by atoms with E-state index in [1.165, 1.54) is 0 Å². The third-order valence-corrected chi connectivity index (χ3v) is 5.58. The lowest BCUT2D eigenvalue weighted by Crippen LogP contribution is -2.27. The van der Waals surface area contributed by atoms with Crippen LogP contribution >= 0.6 is 11.6 Å². The molecule has 0 aliphatic rings. The first-order chi connectivity index (χ1) is 16.6. The van der Waals surface area contributed by atoms with Crippen LogP contribution in [-0.2, 0) is 12.8 Å². The second-order valence-corrected chi connectivity index (χ2v) is 8.16. The monoisotopic (exact) mass is 473 g/mol. The molecule has 0 unspecified atom stereocenters. The van der Waals surface area contributed by atoms with Gasteiger partial charge in [0.2, 0.25) is 5.76 Å².